The molecule has 2 nitrogen and oxygen atoms in total. The molecule has 2 heterocycles. The Labute approximate surface area is 712 Å². The molecule has 0 saturated heterocycles. The van der Waals surface area contributed by atoms with Crippen molar-refractivity contribution < 1.29 is 0 Å². The van der Waals surface area contributed by atoms with E-state index >= 15 is 0 Å². The summed E-state index contributed by atoms with van der Waals surface area (Å²) in [4.78, 5) is 0. The van der Waals surface area contributed by atoms with Gasteiger partial charge in [-0.05, 0) is 246 Å². The van der Waals surface area contributed by atoms with Gasteiger partial charge in [-0.3, -0.25) is 0 Å². The van der Waals surface area contributed by atoms with Crippen molar-refractivity contribution in [2.45, 2.75) is 49.4 Å². The topological polar surface area (TPSA) is 9.86 Å². The molecule has 2 aromatic heterocycles. The third-order valence-electron chi connectivity index (χ3n) is 27.9. The zero-order valence-electron chi connectivity index (χ0n) is 68.5. The van der Waals surface area contributed by atoms with Gasteiger partial charge < -0.3 is 9.13 Å². The Bertz CT molecular complexity index is 7700. The first-order chi connectivity index (χ1) is 60.0. The molecule has 4 aliphatic rings. The summed E-state index contributed by atoms with van der Waals surface area (Å²) < 4.78 is 4.92. The van der Waals surface area contributed by atoms with Crippen LogP contribution in [0.25, 0.3) is 157 Å². The molecular weight excluding hydrogens is 1470 g/mol. The van der Waals surface area contributed by atoms with Crippen LogP contribution in [-0.2, 0) is 21.7 Å². The molecule has 0 amide bonds. The fourth-order valence-corrected chi connectivity index (χ4v) is 22.1. The molecule has 0 N–H and O–H groups in total. The van der Waals surface area contributed by atoms with Gasteiger partial charge >= 0.3 is 0 Å². The number of rotatable bonds is 13. The fourth-order valence-electron chi connectivity index (χ4n) is 22.1. The molecule has 0 aliphatic heterocycles. The number of benzene rings is 18. The monoisotopic (exact) mass is 1550 g/mol. The van der Waals surface area contributed by atoms with Crippen molar-refractivity contribution in [1.29, 1.82) is 0 Å². The number of nitrogens with zero attached hydrogens (tertiary/aromatic N) is 2. The Balaban J connectivity index is 0.543. The molecule has 0 atom stereocenters. The molecule has 122 heavy (non-hydrogen) atoms. The lowest BCUT2D eigenvalue weighted by Crippen LogP contribution is -2.29. The first-order valence-corrected chi connectivity index (χ1v) is 42.9. The normalized spacial score (nSPS) is 14.4. The molecule has 2 heteroatoms. The Kier molecular flexibility index (Phi) is 15.9. The van der Waals surface area contributed by atoms with Gasteiger partial charge in [-0.1, -0.05) is 386 Å². The lowest BCUT2D eigenvalue weighted by molar-refractivity contribution is 0.660. The van der Waals surface area contributed by atoms with E-state index in [0.717, 1.165) is 22.3 Å². The second-order valence-corrected chi connectivity index (χ2v) is 35.0. The van der Waals surface area contributed by atoms with E-state index in [4.69, 9.17) is 0 Å². The van der Waals surface area contributed by atoms with Crippen LogP contribution in [0, 0.1) is 0 Å². The van der Waals surface area contributed by atoms with Gasteiger partial charge in [0.05, 0.1) is 32.9 Å². The van der Waals surface area contributed by atoms with E-state index < -0.39 is 10.8 Å². The molecular formula is C120H84N2. The second kappa shape index (κ2) is 27.3. The first kappa shape index (κ1) is 71.2. The fraction of sp³-hybridized carbons (Fsp3) is 0.0667. The van der Waals surface area contributed by atoms with E-state index in [9.17, 15) is 0 Å². The minimum atomic E-state index is -0.640. The number of aromatic nitrogens is 2. The highest BCUT2D eigenvalue weighted by atomic mass is 15.0. The van der Waals surface area contributed by atoms with Gasteiger partial charge in [0, 0.05) is 43.7 Å². The van der Waals surface area contributed by atoms with E-state index in [2.05, 4.69) is 474 Å². The van der Waals surface area contributed by atoms with Gasteiger partial charge in [-0.2, -0.15) is 0 Å². The van der Waals surface area contributed by atoms with E-state index in [1.807, 2.05) is 0 Å². The van der Waals surface area contributed by atoms with E-state index in [-0.39, 0.29) is 10.8 Å². The van der Waals surface area contributed by atoms with Crippen molar-refractivity contribution in [3.63, 3.8) is 0 Å². The van der Waals surface area contributed by atoms with Crippen molar-refractivity contribution in [2.24, 2.45) is 0 Å². The van der Waals surface area contributed by atoms with Crippen LogP contribution in [0.3, 0.4) is 0 Å². The van der Waals surface area contributed by atoms with Crippen molar-refractivity contribution in [3.8, 4) is 89.3 Å². The van der Waals surface area contributed by atoms with Crippen molar-refractivity contribution >= 4 is 67.9 Å². The lowest BCUT2D eigenvalue weighted by Gasteiger charge is -2.35. The largest absolute Gasteiger partial charge is 0.309 e. The maximum atomic E-state index is 2.52. The average molecular weight is 1550 g/mol. The highest BCUT2D eigenvalue weighted by molar-refractivity contribution is 6.12. The number of fused-ring (bicyclic) bond motifs is 18. The molecule has 20 aromatic rings. The van der Waals surface area contributed by atoms with Crippen molar-refractivity contribution in [2.75, 3.05) is 0 Å². The third kappa shape index (κ3) is 10.6. The summed E-state index contributed by atoms with van der Waals surface area (Å²) in [5, 5.41) is 5.00. The highest BCUT2D eigenvalue weighted by Crippen LogP contribution is 2.60. The van der Waals surface area contributed by atoms with Crippen LogP contribution in [0.5, 0.6) is 0 Å². The van der Waals surface area contributed by atoms with Crippen LogP contribution < -0.4 is 0 Å². The number of para-hydroxylation sites is 2. The van der Waals surface area contributed by atoms with E-state index in [1.54, 1.807) is 0 Å². The van der Waals surface area contributed by atoms with Crippen LogP contribution in [-0.4, -0.2) is 9.13 Å². The number of hydrogen-bond acceptors (Lipinski definition) is 0. The maximum absolute atomic E-state index is 2.52. The van der Waals surface area contributed by atoms with Gasteiger partial charge in [-0.25, -0.2) is 0 Å². The average Bonchev–Trinajstić information content (AvgIpc) is 1.48. The smallest absolute Gasteiger partial charge is 0.0713 e. The molecule has 18 aromatic carbocycles. The molecule has 0 unspecified atom stereocenters. The molecule has 0 saturated carbocycles. The summed E-state index contributed by atoms with van der Waals surface area (Å²) >= 11 is 0. The van der Waals surface area contributed by atoms with E-state index in [1.165, 1.54) is 200 Å². The lowest BCUT2D eigenvalue weighted by atomic mass is 9.66. The third-order valence-corrected chi connectivity index (χ3v) is 27.9. The Morgan fingerprint density at radius 2 is 0.508 bits per heavy atom. The predicted octanol–water partition coefficient (Wildman–Crippen LogP) is 30.6. The predicted molar refractivity (Wildman–Crippen MR) is 512 cm³/mol. The summed E-state index contributed by atoms with van der Waals surface area (Å²) in [6.07, 6.45) is 9.13. The van der Waals surface area contributed by atoms with Crippen LogP contribution in [0.2, 0.25) is 0 Å². The van der Waals surface area contributed by atoms with E-state index in [0.29, 0.717) is 0 Å². The Morgan fingerprint density at radius 1 is 0.180 bits per heavy atom. The standard InChI is InChI=1S/C120H84N2/c1-117(2)105-39-17-11-33-93(105)97-65-61-91(75-109(97)117)121-113-43-21-15-37-101(113)103-72-84(59-67-115(103)121)81-54-49-77(50-55-81)45-47-79-25-23-31-89(69-79)120(107-41-19-13-35-95(107)96-36-14-20-42-108(96)120)90-32-24-26-83(71-90)86-58-64-100-99-63-53-80(70-111(99)119(112(100)74-86,87-27-7-5-8-28-87)88-29-9-6-10-30-88)48-46-78-51-56-82(57-52-78)85-60-68-116-104(73-85)102-38-16-22-44-114(102)122(116)92-62-66-98-94-34-12-18-40-106(94)118(3,4)110(98)76-92/h5-76H,1-4H3/b47-45+,48-46+. The SMILES string of the molecule is CC1(C)c2ccccc2-c2ccc(-n3c4ccccc4c4cc(-c5ccc(/C=C/c6cccc(C7(c8cccc(-c9ccc%10c(c9)C(c9ccccc9)(c9ccccc9)c9cc(/C=C/c%11ccc(-c%12ccc%13c(c%12)c%12ccccc%12n%13-c%12ccc%13c(c%12)C(C)(C)c%12ccccc%12-%13)cc%11)ccc9-%10)c8)c8ccccc8-c8ccccc87)c6)cc5)ccc43)cc21. The summed E-state index contributed by atoms with van der Waals surface area (Å²) in [6, 6.07) is 156. The van der Waals surface area contributed by atoms with Gasteiger partial charge in [0.15, 0.2) is 0 Å². The first-order valence-electron chi connectivity index (χ1n) is 42.9. The van der Waals surface area contributed by atoms with Gasteiger partial charge in [0.2, 0.25) is 0 Å². The van der Waals surface area contributed by atoms with Crippen LogP contribution in [0.4, 0.5) is 0 Å². The molecule has 4 aliphatic carbocycles. The van der Waals surface area contributed by atoms with Crippen LogP contribution in [0.15, 0.2) is 413 Å². The van der Waals surface area contributed by atoms with Crippen LogP contribution in [0.1, 0.15) is 117 Å². The molecule has 0 bridgehead atoms. The molecule has 574 valence electrons. The summed E-state index contributed by atoms with van der Waals surface area (Å²) in [7, 11) is 0. The molecule has 0 radical (unpaired) electrons. The Hall–Kier alpha value is -15.0. The highest BCUT2D eigenvalue weighted by Gasteiger charge is 2.49. The minimum Gasteiger partial charge on any atom is -0.309 e. The quantitative estimate of drug-likeness (QED) is 0.102. The molecule has 24 rings (SSSR count). The molecule has 0 spiro atoms. The zero-order valence-corrected chi connectivity index (χ0v) is 68.5. The molecule has 0 fully saturated rings. The minimum absolute atomic E-state index is 0.0904. The van der Waals surface area contributed by atoms with Gasteiger partial charge in [0.25, 0.3) is 0 Å². The van der Waals surface area contributed by atoms with Crippen molar-refractivity contribution in [3.05, 3.63) is 502 Å². The summed E-state index contributed by atoms with van der Waals surface area (Å²) in [5.41, 5.74) is 43.4. The zero-order chi connectivity index (χ0) is 81.2. The van der Waals surface area contributed by atoms with Gasteiger partial charge in [-0.15, -0.1) is 0 Å². The second-order valence-electron chi connectivity index (χ2n) is 35.0. The summed E-state index contributed by atoms with van der Waals surface area (Å²) in [6.45, 7) is 9.46. The van der Waals surface area contributed by atoms with Crippen LogP contribution >= 0.6 is 0 Å². The van der Waals surface area contributed by atoms with Crippen molar-refractivity contribution in [1.82, 2.24) is 9.13 Å². The maximum Gasteiger partial charge on any atom is 0.0713 e. The number of hydrogen-bond donors (Lipinski definition) is 0. The van der Waals surface area contributed by atoms with Gasteiger partial charge in [0.1, 0.15) is 0 Å². The Morgan fingerprint density at radius 3 is 1.02 bits per heavy atom. The summed E-state index contributed by atoms with van der Waals surface area (Å²) in [5.74, 6) is 0.